The predicted molar refractivity (Wildman–Crippen MR) is 117 cm³/mol. The molecular weight excluding hydrogens is 395 g/mol. The summed E-state index contributed by atoms with van der Waals surface area (Å²) in [5, 5.41) is 0. The topological polar surface area (TPSA) is 45.9 Å². The van der Waals surface area contributed by atoms with Crippen LogP contribution < -0.4 is 4.74 Å². The van der Waals surface area contributed by atoms with Gasteiger partial charge >= 0.3 is 0 Å². The van der Waals surface area contributed by atoms with Crippen molar-refractivity contribution in [3.8, 4) is 5.75 Å². The number of carbonyl (C=O) groups excluding carboxylic acids is 1. The average molecular weight is 423 g/mol. The Hall–Kier alpha value is -3.12. The second-order valence-corrected chi connectivity index (χ2v) is 7.97. The van der Waals surface area contributed by atoms with Gasteiger partial charge in [-0.2, -0.15) is 0 Å². The first kappa shape index (κ1) is 21.1. The van der Waals surface area contributed by atoms with Gasteiger partial charge in [-0.3, -0.25) is 9.69 Å². The highest BCUT2D eigenvalue weighted by Crippen LogP contribution is 2.24. The summed E-state index contributed by atoms with van der Waals surface area (Å²) >= 11 is 0. The highest BCUT2D eigenvalue weighted by atomic mass is 19.1. The SMILES string of the molecule is Cc1cccc(C)c1OCc1ccc(C(=O)N2CCN(Cc3cccc(F)c3)CC2)o1. The molecule has 1 aliphatic rings. The molecule has 0 radical (unpaired) electrons. The predicted octanol–water partition coefficient (Wildman–Crippen LogP) is 4.57. The summed E-state index contributed by atoms with van der Waals surface area (Å²) in [7, 11) is 0. The van der Waals surface area contributed by atoms with Crippen molar-refractivity contribution < 1.29 is 18.3 Å². The van der Waals surface area contributed by atoms with Crippen LogP contribution in [-0.2, 0) is 13.2 Å². The summed E-state index contributed by atoms with van der Waals surface area (Å²) in [4.78, 5) is 16.9. The fraction of sp³-hybridized carbons (Fsp3) is 0.320. The summed E-state index contributed by atoms with van der Waals surface area (Å²) in [5.41, 5.74) is 3.08. The van der Waals surface area contributed by atoms with Crippen molar-refractivity contribution in [2.24, 2.45) is 0 Å². The molecule has 0 spiro atoms. The molecule has 2 heterocycles. The number of hydrogen-bond acceptors (Lipinski definition) is 4. The largest absolute Gasteiger partial charge is 0.485 e. The van der Waals surface area contributed by atoms with E-state index >= 15 is 0 Å². The number of para-hydroxylation sites is 1. The van der Waals surface area contributed by atoms with Gasteiger partial charge in [0.15, 0.2) is 5.76 Å². The summed E-state index contributed by atoms with van der Waals surface area (Å²) in [6.45, 7) is 7.69. The molecule has 0 unspecified atom stereocenters. The first-order valence-corrected chi connectivity index (χ1v) is 10.5. The number of amides is 1. The van der Waals surface area contributed by atoms with E-state index < -0.39 is 0 Å². The molecule has 4 rings (SSSR count). The number of piperazine rings is 1. The van der Waals surface area contributed by atoms with E-state index in [-0.39, 0.29) is 18.3 Å². The van der Waals surface area contributed by atoms with E-state index in [4.69, 9.17) is 9.15 Å². The number of carbonyl (C=O) groups is 1. The number of furan rings is 1. The summed E-state index contributed by atoms with van der Waals surface area (Å²) in [6, 6.07) is 16.2. The molecule has 2 aromatic carbocycles. The highest BCUT2D eigenvalue weighted by molar-refractivity contribution is 5.91. The standard InChI is InChI=1S/C25H27FN2O3/c1-18-5-3-6-19(2)24(18)30-17-22-9-10-23(31-22)25(29)28-13-11-27(12-14-28)16-20-7-4-8-21(26)15-20/h3-10,15H,11-14,16-17H2,1-2H3. The van der Waals surface area contributed by atoms with E-state index in [0.29, 0.717) is 31.2 Å². The zero-order valence-electron chi connectivity index (χ0n) is 17.9. The number of hydrogen-bond donors (Lipinski definition) is 0. The Morgan fingerprint density at radius 3 is 2.42 bits per heavy atom. The maximum Gasteiger partial charge on any atom is 0.289 e. The molecule has 1 saturated heterocycles. The van der Waals surface area contributed by atoms with E-state index in [9.17, 15) is 9.18 Å². The lowest BCUT2D eigenvalue weighted by Gasteiger charge is -2.34. The van der Waals surface area contributed by atoms with Gasteiger partial charge in [0.25, 0.3) is 5.91 Å². The first-order chi connectivity index (χ1) is 15.0. The van der Waals surface area contributed by atoms with Crippen molar-refractivity contribution in [2.45, 2.75) is 27.0 Å². The maximum absolute atomic E-state index is 13.4. The highest BCUT2D eigenvalue weighted by Gasteiger charge is 2.24. The third-order valence-corrected chi connectivity index (χ3v) is 5.59. The van der Waals surface area contributed by atoms with Crippen molar-refractivity contribution in [2.75, 3.05) is 26.2 Å². The minimum Gasteiger partial charge on any atom is -0.485 e. The lowest BCUT2D eigenvalue weighted by molar-refractivity contribution is 0.0594. The number of benzene rings is 2. The number of ether oxygens (including phenoxy) is 1. The molecule has 3 aromatic rings. The molecule has 1 aromatic heterocycles. The van der Waals surface area contributed by atoms with E-state index in [1.54, 1.807) is 29.2 Å². The Labute approximate surface area is 182 Å². The molecule has 162 valence electrons. The molecule has 0 bridgehead atoms. The molecular formula is C25H27FN2O3. The van der Waals surface area contributed by atoms with E-state index in [1.807, 2.05) is 38.1 Å². The fourth-order valence-electron chi connectivity index (χ4n) is 3.90. The third-order valence-electron chi connectivity index (χ3n) is 5.59. The molecule has 31 heavy (non-hydrogen) atoms. The Kier molecular flexibility index (Phi) is 6.37. The first-order valence-electron chi connectivity index (χ1n) is 10.5. The van der Waals surface area contributed by atoms with Crippen LogP contribution in [0.1, 0.15) is 33.0 Å². The molecule has 5 nitrogen and oxygen atoms in total. The van der Waals surface area contributed by atoms with Crippen molar-refractivity contribution in [3.05, 3.63) is 88.6 Å². The Morgan fingerprint density at radius 1 is 1.00 bits per heavy atom. The second kappa shape index (κ2) is 9.35. The van der Waals surface area contributed by atoms with Gasteiger partial charge in [-0.05, 0) is 54.8 Å². The smallest absolute Gasteiger partial charge is 0.289 e. The van der Waals surface area contributed by atoms with Crippen LogP contribution >= 0.6 is 0 Å². The Balaban J connectivity index is 1.30. The van der Waals surface area contributed by atoms with E-state index in [0.717, 1.165) is 35.5 Å². The molecule has 0 N–H and O–H groups in total. The molecule has 1 fully saturated rings. The van der Waals surface area contributed by atoms with Crippen molar-refractivity contribution in [1.82, 2.24) is 9.80 Å². The molecule has 0 saturated carbocycles. The second-order valence-electron chi connectivity index (χ2n) is 7.97. The minimum atomic E-state index is -0.221. The van der Waals surface area contributed by atoms with Crippen LogP contribution in [0.2, 0.25) is 0 Å². The van der Waals surface area contributed by atoms with Crippen molar-refractivity contribution in [1.29, 1.82) is 0 Å². The normalized spacial score (nSPS) is 14.6. The molecule has 6 heteroatoms. The zero-order chi connectivity index (χ0) is 21.8. The molecule has 1 aliphatic heterocycles. The summed E-state index contributed by atoms with van der Waals surface area (Å²) in [5.74, 6) is 1.47. The number of nitrogens with zero attached hydrogens (tertiary/aromatic N) is 2. The molecule has 1 amide bonds. The Morgan fingerprint density at radius 2 is 1.71 bits per heavy atom. The van der Waals surface area contributed by atoms with Gasteiger partial charge < -0.3 is 14.1 Å². The van der Waals surface area contributed by atoms with E-state index in [2.05, 4.69) is 4.90 Å². The van der Waals surface area contributed by atoms with Gasteiger partial charge in [-0.1, -0.05) is 30.3 Å². The summed E-state index contributed by atoms with van der Waals surface area (Å²) in [6.07, 6.45) is 0. The van der Waals surface area contributed by atoms with Gasteiger partial charge in [0.05, 0.1) is 0 Å². The van der Waals surface area contributed by atoms with Gasteiger partial charge in [0, 0.05) is 32.7 Å². The van der Waals surface area contributed by atoms with Crippen LogP contribution in [0.15, 0.2) is 59.0 Å². The van der Waals surface area contributed by atoms with Crippen LogP contribution in [0.5, 0.6) is 5.75 Å². The third kappa shape index (κ3) is 5.14. The van der Waals surface area contributed by atoms with Crippen LogP contribution in [0.25, 0.3) is 0 Å². The number of rotatable bonds is 6. The maximum atomic E-state index is 13.4. The minimum absolute atomic E-state index is 0.108. The van der Waals surface area contributed by atoms with Gasteiger partial charge in [-0.15, -0.1) is 0 Å². The fourth-order valence-corrected chi connectivity index (χ4v) is 3.90. The number of aryl methyl sites for hydroxylation is 2. The monoisotopic (exact) mass is 422 g/mol. The summed E-state index contributed by atoms with van der Waals surface area (Å²) < 4.78 is 25.1. The van der Waals surface area contributed by atoms with E-state index in [1.165, 1.54) is 6.07 Å². The van der Waals surface area contributed by atoms with Crippen LogP contribution in [0.4, 0.5) is 4.39 Å². The molecule has 0 atom stereocenters. The van der Waals surface area contributed by atoms with Gasteiger partial charge in [0.2, 0.25) is 0 Å². The van der Waals surface area contributed by atoms with Crippen molar-refractivity contribution >= 4 is 5.91 Å². The lowest BCUT2D eigenvalue weighted by Crippen LogP contribution is -2.48. The van der Waals surface area contributed by atoms with Gasteiger partial charge in [-0.25, -0.2) is 4.39 Å². The van der Waals surface area contributed by atoms with Crippen LogP contribution in [-0.4, -0.2) is 41.9 Å². The average Bonchev–Trinajstić information content (AvgIpc) is 3.22. The number of halogens is 1. The van der Waals surface area contributed by atoms with Crippen LogP contribution in [0, 0.1) is 19.7 Å². The lowest BCUT2D eigenvalue weighted by atomic mass is 10.1. The van der Waals surface area contributed by atoms with Crippen LogP contribution in [0.3, 0.4) is 0 Å². The Bertz CT molecular complexity index is 1030. The van der Waals surface area contributed by atoms with Gasteiger partial charge in [0.1, 0.15) is 23.9 Å². The molecule has 0 aliphatic carbocycles. The quantitative estimate of drug-likeness (QED) is 0.584. The zero-order valence-corrected chi connectivity index (χ0v) is 17.9. The van der Waals surface area contributed by atoms with Crippen molar-refractivity contribution in [3.63, 3.8) is 0 Å².